The van der Waals surface area contributed by atoms with Crippen LogP contribution in [0.2, 0.25) is 0 Å². The zero-order chi connectivity index (χ0) is 12.7. The lowest BCUT2D eigenvalue weighted by Gasteiger charge is -2.12. The average molecular weight is 294 g/mol. The summed E-state index contributed by atoms with van der Waals surface area (Å²) in [5.74, 6) is 0.530. The fraction of sp³-hybridized carbons (Fsp3) is 0.308. The van der Waals surface area contributed by atoms with Crippen molar-refractivity contribution in [3.8, 4) is 11.3 Å². The van der Waals surface area contributed by atoms with E-state index in [1.54, 1.807) is 0 Å². The first-order chi connectivity index (χ1) is 7.91. The van der Waals surface area contributed by atoms with E-state index in [9.17, 15) is 0 Å². The van der Waals surface area contributed by atoms with Crippen LogP contribution in [0.25, 0.3) is 11.3 Å². The van der Waals surface area contributed by atoms with Crippen LogP contribution in [0.1, 0.15) is 16.7 Å². The van der Waals surface area contributed by atoms with Crippen molar-refractivity contribution >= 4 is 21.7 Å². The van der Waals surface area contributed by atoms with Crippen molar-refractivity contribution in [1.82, 2.24) is 9.78 Å². The third-order valence-corrected chi connectivity index (χ3v) is 3.71. The van der Waals surface area contributed by atoms with Crippen LogP contribution < -0.4 is 5.73 Å². The number of aromatic nitrogens is 2. The Bertz CT molecular complexity index is 562. The number of halogens is 1. The molecule has 1 aromatic heterocycles. The first kappa shape index (κ1) is 12.2. The van der Waals surface area contributed by atoms with Crippen LogP contribution in [0.3, 0.4) is 0 Å². The van der Waals surface area contributed by atoms with E-state index in [1.165, 1.54) is 22.3 Å². The Hall–Kier alpha value is -1.29. The molecule has 1 heterocycles. The first-order valence-corrected chi connectivity index (χ1v) is 6.27. The number of hydrogen-bond acceptors (Lipinski definition) is 2. The summed E-state index contributed by atoms with van der Waals surface area (Å²) < 4.78 is 2.69. The highest BCUT2D eigenvalue weighted by Gasteiger charge is 2.17. The highest BCUT2D eigenvalue weighted by atomic mass is 79.9. The van der Waals surface area contributed by atoms with Gasteiger partial charge in [-0.3, -0.25) is 4.68 Å². The van der Waals surface area contributed by atoms with E-state index in [1.807, 2.05) is 11.7 Å². The molecular weight excluding hydrogens is 278 g/mol. The van der Waals surface area contributed by atoms with Gasteiger partial charge >= 0.3 is 0 Å². The molecule has 0 amide bonds. The lowest BCUT2D eigenvalue weighted by Crippen LogP contribution is -1.98. The molecule has 2 aromatic rings. The van der Waals surface area contributed by atoms with Crippen molar-refractivity contribution < 1.29 is 0 Å². The van der Waals surface area contributed by atoms with Gasteiger partial charge in [0.2, 0.25) is 0 Å². The van der Waals surface area contributed by atoms with E-state index in [4.69, 9.17) is 5.73 Å². The van der Waals surface area contributed by atoms with Crippen molar-refractivity contribution in [2.75, 3.05) is 5.73 Å². The van der Waals surface area contributed by atoms with Gasteiger partial charge in [-0.1, -0.05) is 17.7 Å². The standard InChI is InChI=1S/C13H16BrN3/c1-7-5-8(2)10(9(3)6-7)12-11(14)13(15)16-17(12)4/h5-6H,1-4H3,(H2,15,16). The summed E-state index contributed by atoms with van der Waals surface area (Å²) in [5, 5.41) is 4.24. The maximum Gasteiger partial charge on any atom is 0.160 e. The summed E-state index contributed by atoms with van der Waals surface area (Å²) in [5.41, 5.74) is 11.8. The van der Waals surface area contributed by atoms with E-state index in [2.05, 4.69) is 53.9 Å². The van der Waals surface area contributed by atoms with Crippen LogP contribution in [0.5, 0.6) is 0 Å². The number of nitrogen functional groups attached to an aromatic ring is 1. The molecule has 0 spiro atoms. The van der Waals surface area contributed by atoms with Gasteiger partial charge in [-0.25, -0.2) is 0 Å². The summed E-state index contributed by atoms with van der Waals surface area (Å²) in [6.45, 7) is 6.34. The normalized spacial score (nSPS) is 10.9. The number of nitrogens with zero attached hydrogens (tertiary/aromatic N) is 2. The highest BCUT2D eigenvalue weighted by Crippen LogP contribution is 2.36. The molecule has 0 fully saturated rings. The van der Waals surface area contributed by atoms with Crippen LogP contribution in [-0.2, 0) is 7.05 Å². The van der Waals surface area contributed by atoms with Crippen molar-refractivity contribution in [3.05, 3.63) is 33.3 Å². The predicted octanol–water partition coefficient (Wildman–Crippen LogP) is 3.36. The second-order valence-corrected chi connectivity index (χ2v) is 5.24. The van der Waals surface area contributed by atoms with Crippen molar-refractivity contribution in [1.29, 1.82) is 0 Å². The Morgan fingerprint density at radius 1 is 1.18 bits per heavy atom. The molecule has 2 rings (SSSR count). The summed E-state index contributed by atoms with van der Waals surface area (Å²) in [7, 11) is 1.91. The molecule has 0 aliphatic carbocycles. The molecule has 3 nitrogen and oxygen atoms in total. The second kappa shape index (κ2) is 4.18. The molecule has 0 aliphatic heterocycles. The first-order valence-electron chi connectivity index (χ1n) is 5.48. The smallest absolute Gasteiger partial charge is 0.160 e. The van der Waals surface area contributed by atoms with E-state index >= 15 is 0 Å². The summed E-state index contributed by atoms with van der Waals surface area (Å²) >= 11 is 3.52. The molecule has 0 saturated heterocycles. The molecule has 1 aromatic carbocycles. The van der Waals surface area contributed by atoms with Gasteiger partial charge in [0.05, 0.1) is 10.2 Å². The third kappa shape index (κ3) is 1.97. The minimum absolute atomic E-state index is 0.530. The Labute approximate surface area is 110 Å². The van der Waals surface area contributed by atoms with Crippen LogP contribution >= 0.6 is 15.9 Å². The maximum atomic E-state index is 5.83. The minimum atomic E-state index is 0.530. The molecule has 0 aliphatic rings. The number of anilines is 1. The third-order valence-electron chi connectivity index (χ3n) is 2.93. The molecule has 90 valence electrons. The van der Waals surface area contributed by atoms with Gasteiger partial charge in [0, 0.05) is 12.6 Å². The van der Waals surface area contributed by atoms with Crippen molar-refractivity contribution in [2.24, 2.45) is 7.05 Å². The highest BCUT2D eigenvalue weighted by molar-refractivity contribution is 9.10. The fourth-order valence-electron chi connectivity index (χ4n) is 2.34. The summed E-state index contributed by atoms with van der Waals surface area (Å²) in [6.07, 6.45) is 0. The van der Waals surface area contributed by atoms with Crippen LogP contribution in [0, 0.1) is 20.8 Å². The molecule has 0 atom stereocenters. The van der Waals surface area contributed by atoms with E-state index in [-0.39, 0.29) is 0 Å². The second-order valence-electron chi connectivity index (χ2n) is 4.45. The number of benzene rings is 1. The number of aryl methyl sites for hydroxylation is 4. The Kier molecular flexibility index (Phi) is 3.00. The zero-order valence-electron chi connectivity index (χ0n) is 10.5. The largest absolute Gasteiger partial charge is 0.381 e. The summed E-state index contributed by atoms with van der Waals surface area (Å²) in [6, 6.07) is 4.36. The van der Waals surface area contributed by atoms with E-state index in [0.29, 0.717) is 5.82 Å². The van der Waals surface area contributed by atoms with E-state index in [0.717, 1.165) is 10.2 Å². The van der Waals surface area contributed by atoms with Gasteiger partial charge in [-0.2, -0.15) is 5.10 Å². The van der Waals surface area contributed by atoms with Crippen LogP contribution in [-0.4, -0.2) is 9.78 Å². The van der Waals surface area contributed by atoms with Crippen LogP contribution in [0.15, 0.2) is 16.6 Å². The summed E-state index contributed by atoms with van der Waals surface area (Å²) in [4.78, 5) is 0. The van der Waals surface area contributed by atoms with Gasteiger partial charge < -0.3 is 5.73 Å². The predicted molar refractivity (Wildman–Crippen MR) is 75.0 cm³/mol. The molecule has 17 heavy (non-hydrogen) atoms. The monoisotopic (exact) mass is 293 g/mol. The lowest BCUT2D eigenvalue weighted by molar-refractivity contribution is 0.779. The fourth-order valence-corrected chi connectivity index (χ4v) is 2.88. The van der Waals surface area contributed by atoms with Gasteiger partial charge in [0.25, 0.3) is 0 Å². The van der Waals surface area contributed by atoms with Gasteiger partial charge in [-0.15, -0.1) is 0 Å². The maximum absolute atomic E-state index is 5.83. The Balaban J connectivity index is 2.77. The Morgan fingerprint density at radius 3 is 2.12 bits per heavy atom. The average Bonchev–Trinajstić information content (AvgIpc) is 2.43. The molecule has 2 N–H and O–H groups in total. The number of nitrogens with two attached hydrogens (primary N) is 1. The van der Waals surface area contributed by atoms with Crippen molar-refractivity contribution in [3.63, 3.8) is 0 Å². The molecule has 0 radical (unpaired) electrons. The number of rotatable bonds is 1. The molecule has 0 unspecified atom stereocenters. The topological polar surface area (TPSA) is 43.8 Å². The molecule has 0 bridgehead atoms. The quantitative estimate of drug-likeness (QED) is 0.876. The zero-order valence-corrected chi connectivity index (χ0v) is 12.1. The minimum Gasteiger partial charge on any atom is -0.381 e. The van der Waals surface area contributed by atoms with Gasteiger partial charge in [-0.05, 0) is 47.8 Å². The molecular formula is C13H16BrN3. The number of hydrogen-bond donors (Lipinski definition) is 1. The van der Waals surface area contributed by atoms with Gasteiger partial charge in [0.1, 0.15) is 0 Å². The molecule has 0 saturated carbocycles. The van der Waals surface area contributed by atoms with Gasteiger partial charge in [0.15, 0.2) is 5.82 Å². The SMILES string of the molecule is Cc1cc(C)c(-c2c(Br)c(N)nn2C)c(C)c1. The van der Waals surface area contributed by atoms with Crippen LogP contribution in [0.4, 0.5) is 5.82 Å². The Morgan fingerprint density at radius 2 is 1.71 bits per heavy atom. The lowest BCUT2D eigenvalue weighted by atomic mass is 9.97. The molecule has 4 heteroatoms. The van der Waals surface area contributed by atoms with E-state index < -0.39 is 0 Å². The van der Waals surface area contributed by atoms with Crippen molar-refractivity contribution in [2.45, 2.75) is 20.8 Å².